The van der Waals surface area contributed by atoms with E-state index < -0.39 is 0 Å². The first-order valence-electron chi connectivity index (χ1n) is 9.26. The SMILES string of the molecule is CCCCc1nc2sc3c(NCCCO)ncnc3c2c2c1CCC2. The topological polar surface area (TPSA) is 70.9 Å². The molecule has 0 atom stereocenters. The van der Waals surface area contributed by atoms with Gasteiger partial charge in [-0.05, 0) is 49.7 Å². The summed E-state index contributed by atoms with van der Waals surface area (Å²) in [5, 5.41) is 13.6. The highest BCUT2D eigenvalue weighted by Gasteiger charge is 2.23. The largest absolute Gasteiger partial charge is 0.396 e. The molecule has 0 spiro atoms. The number of nitrogens with zero attached hydrogens (tertiary/aromatic N) is 3. The van der Waals surface area contributed by atoms with Crippen LogP contribution in [0.5, 0.6) is 0 Å². The zero-order valence-corrected chi connectivity index (χ0v) is 15.5. The number of aliphatic hydroxyl groups is 1. The van der Waals surface area contributed by atoms with Crippen molar-refractivity contribution in [2.24, 2.45) is 0 Å². The van der Waals surface area contributed by atoms with Crippen LogP contribution in [0.4, 0.5) is 5.82 Å². The molecular weight excluding hydrogens is 332 g/mol. The Morgan fingerprint density at radius 2 is 2.08 bits per heavy atom. The van der Waals surface area contributed by atoms with E-state index in [1.165, 1.54) is 41.5 Å². The molecule has 0 fully saturated rings. The van der Waals surface area contributed by atoms with Crippen LogP contribution in [0.2, 0.25) is 0 Å². The van der Waals surface area contributed by atoms with Gasteiger partial charge in [-0.3, -0.25) is 0 Å². The van der Waals surface area contributed by atoms with E-state index in [1.54, 1.807) is 17.7 Å². The van der Waals surface area contributed by atoms with Crippen molar-refractivity contribution in [2.45, 2.75) is 51.9 Å². The summed E-state index contributed by atoms with van der Waals surface area (Å²) in [7, 11) is 0. The molecule has 0 unspecified atom stereocenters. The number of unbranched alkanes of at least 4 members (excludes halogenated alkanes) is 1. The molecule has 2 N–H and O–H groups in total. The predicted octanol–water partition coefficient (Wildman–Crippen LogP) is 3.87. The van der Waals surface area contributed by atoms with E-state index in [9.17, 15) is 0 Å². The molecule has 1 aliphatic carbocycles. The third-order valence-corrected chi connectivity index (χ3v) is 6.03. The lowest BCUT2D eigenvalue weighted by molar-refractivity contribution is 0.292. The van der Waals surface area contributed by atoms with Crippen LogP contribution < -0.4 is 5.32 Å². The van der Waals surface area contributed by atoms with Gasteiger partial charge < -0.3 is 10.4 Å². The molecule has 3 aromatic heterocycles. The number of nitrogens with one attached hydrogen (secondary N) is 1. The smallest absolute Gasteiger partial charge is 0.147 e. The number of fused-ring (bicyclic) bond motifs is 5. The number of anilines is 1. The zero-order valence-electron chi connectivity index (χ0n) is 14.6. The van der Waals surface area contributed by atoms with Crippen molar-refractivity contribution in [3.8, 4) is 0 Å². The summed E-state index contributed by atoms with van der Waals surface area (Å²) in [6.45, 7) is 3.13. The lowest BCUT2D eigenvalue weighted by Gasteiger charge is -2.08. The monoisotopic (exact) mass is 356 g/mol. The van der Waals surface area contributed by atoms with Gasteiger partial charge in [0.05, 0.1) is 10.2 Å². The summed E-state index contributed by atoms with van der Waals surface area (Å²) in [4.78, 5) is 15.2. The number of thiophene rings is 1. The van der Waals surface area contributed by atoms with E-state index in [4.69, 9.17) is 10.1 Å². The summed E-state index contributed by atoms with van der Waals surface area (Å²) in [6, 6.07) is 0. The summed E-state index contributed by atoms with van der Waals surface area (Å²) in [5.74, 6) is 0.864. The third-order valence-electron chi connectivity index (χ3n) is 4.95. The van der Waals surface area contributed by atoms with E-state index >= 15 is 0 Å². The zero-order chi connectivity index (χ0) is 17.2. The highest BCUT2D eigenvalue weighted by molar-refractivity contribution is 7.26. The van der Waals surface area contributed by atoms with Gasteiger partial charge in [0.2, 0.25) is 0 Å². The van der Waals surface area contributed by atoms with Gasteiger partial charge in [-0.15, -0.1) is 11.3 Å². The maximum atomic E-state index is 9.00. The van der Waals surface area contributed by atoms with Crippen LogP contribution in [0.3, 0.4) is 0 Å². The Kier molecular flexibility index (Phi) is 4.81. The molecule has 0 radical (unpaired) electrons. The molecule has 0 saturated carbocycles. The predicted molar refractivity (Wildman–Crippen MR) is 104 cm³/mol. The minimum absolute atomic E-state index is 0.184. The first-order valence-corrected chi connectivity index (χ1v) is 10.1. The molecule has 3 heterocycles. The fourth-order valence-corrected chi connectivity index (χ4v) is 4.88. The van der Waals surface area contributed by atoms with Gasteiger partial charge in [0.25, 0.3) is 0 Å². The maximum absolute atomic E-state index is 9.00. The molecule has 5 nitrogen and oxygen atoms in total. The van der Waals surface area contributed by atoms with Crippen molar-refractivity contribution < 1.29 is 5.11 Å². The Bertz CT molecular complexity index is 905. The molecule has 3 aromatic rings. The molecule has 1 aliphatic rings. The molecule has 0 aromatic carbocycles. The first-order chi connectivity index (χ1) is 12.3. The summed E-state index contributed by atoms with van der Waals surface area (Å²) < 4.78 is 1.09. The van der Waals surface area contributed by atoms with Crippen molar-refractivity contribution in [3.63, 3.8) is 0 Å². The van der Waals surface area contributed by atoms with Crippen LogP contribution in [0.15, 0.2) is 6.33 Å². The van der Waals surface area contributed by atoms with Crippen molar-refractivity contribution in [2.75, 3.05) is 18.5 Å². The Morgan fingerprint density at radius 1 is 1.20 bits per heavy atom. The highest BCUT2D eigenvalue weighted by atomic mass is 32.1. The van der Waals surface area contributed by atoms with Gasteiger partial charge in [-0.1, -0.05) is 13.3 Å². The van der Waals surface area contributed by atoms with Crippen LogP contribution >= 0.6 is 11.3 Å². The molecule has 0 amide bonds. The van der Waals surface area contributed by atoms with Crippen LogP contribution in [0, 0.1) is 0 Å². The standard InChI is InChI=1S/C19H24N4OS/c1-2-3-8-14-12-6-4-7-13(12)15-16-17(25-19(15)23-14)18(22-11-21-16)20-9-5-10-24/h11,24H,2-10H2,1H3,(H,20,21,22). The summed E-state index contributed by atoms with van der Waals surface area (Å²) in [6.07, 6.45) is 9.34. The number of aromatic nitrogens is 3. The molecule has 0 saturated heterocycles. The number of pyridine rings is 1. The lowest BCUT2D eigenvalue weighted by atomic mass is 10.0. The fraction of sp³-hybridized carbons (Fsp3) is 0.526. The number of hydrogen-bond acceptors (Lipinski definition) is 6. The van der Waals surface area contributed by atoms with Crippen LogP contribution in [-0.4, -0.2) is 33.2 Å². The second-order valence-corrected chi connectivity index (χ2v) is 7.66. The van der Waals surface area contributed by atoms with Crippen molar-refractivity contribution in [1.82, 2.24) is 15.0 Å². The minimum Gasteiger partial charge on any atom is -0.396 e. The molecule has 4 rings (SSSR count). The molecule has 25 heavy (non-hydrogen) atoms. The van der Waals surface area contributed by atoms with Crippen molar-refractivity contribution in [3.05, 3.63) is 23.1 Å². The maximum Gasteiger partial charge on any atom is 0.147 e. The Hall–Kier alpha value is -1.79. The molecule has 132 valence electrons. The number of aliphatic hydroxyl groups excluding tert-OH is 1. The quantitative estimate of drug-likeness (QED) is 0.629. The molecule has 0 aliphatic heterocycles. The van der Waals surface area contributed by atoms with Gasteiger partial charge in [-0.25, -0.2) is 15.0 Å². The van der Waals surface area contributed by atoms with Crippen LogP contribution in [0.1, 0.15) is 49.4 Å². The Balaban J connectivity index is 1.86. The van der Waals surface area contributed by atoms with Gasteiger partial charge in [-0.2, -0.15) is 0 Å². The van der Waals surface area contributed by atoms with E-state index in [0.717, 1.165) is 40.1 Å². The van der Waals surface area contributed by atoms with E-state index in [1.807, 2.05) is 0 Å². The summed E-state index contributed by atoms with van der Waals surface area (Å²) in [5.41, 5.74) is 5.29. The number of hydrogen-bond donors (Lipinski definition) is 2. The van der Waals surface area contributed by atoms with Gasteiger partial charge >= 0.3 is 0 Å². The minimum atomic E-state index is 0.184. The second kappa shape index (κ2) is 7.22. The Morgan fingerprint density at radius 3 is 2.92 bits per heavy atom. The molecular formula is C19H24N4OS. The van der Waals surface area contributed by atoms with E-state index in [-0.39, 0.29) is 6.61 Å². The van der Waals surface area contributed by atoms with Crippen molar-refractivity contribution >= 4 is 37.6 Å². The summed E-state index contributed by atoms with van der Waals surface area (Å²) >= 11 is 1.70. The normalized spacial score (nSPS) is 13.7. The number of rotatable bonds is 7. The number of aryl methyl sites for hydroxylation is 2. The lowest BCUT2D eigenvalue weighted by Crippen LogP contribution is -2.05. The Labute approximate surface area is 151 Å². The average molecular weight is 356 g/mol. The van der Waals surface area contributed by atoms with Gasteiger partial charge in [0.1, 0.15) is 17.0 Å². The van der Waals surface area contributed by atoms with Crippen LogP contribution in [-0.2, 0) is 19.3 Å². The van der Waals surface area contributed by atoms with Crippen LogP contribution in [0.25, 0.3) is 20.4 Å². The third kappa shape index (κ3) is 2.98. The van der Waals surface area contributed by atoms with E-state index in [2.05, 4.69) is 22.2 Å². The average Bonchev–Trinajstić information content (AvgIpc) is 3.24. The van der Waals surface area contributed by atoms with Crippen molar-refractivity contribution in [1.29, 1.82) is 0 Å². The fourth-order valence-electron chi connectivity index (χ4n) is 3.74. The molecule has 0 bridgehead atoms. The second-order valence-electron chi connectivity index (χ2n) is 6.66. The van der Waals surface area contributed by atoms with E-state index in [0.29, 0.717) is 13.0 Å². The highest BCUT2D eigenvalue weighted by Crippen LogP contribution is 2.41. The van der Waals surface area contributed by atoms with Gasteiger partial charge in [0.15, 0.2) is 0 Å². The molecule has 6 heteroatoms. The van der Waals surface area contributed by atoms with Gasteiger partial charge in [0, 0.05) is 24.2 Å². The first kappa shape index (κ1) is 16.7.